The van der Waals surface area contributed by atoms with Crippen LogP contribution in [-0.2, 0) is 6.54 Å². The van der Waals surface area contributed by atoms with E-state index in [0.717, 1.165) is 28.0 Å². The molecule has 1 N–H and O–H groups in total. The first-order valence-electron chi connectivity index (χ1n) is 7.78. The summed E-state index contributed by atoms with van der Waals surface area (Å²) in [6, 6.07) is 13.2. The van der Waals surface area contributed by atoms with Crippen LogP contribution in [0.3, 0.4) is 0 Å². The summed E-state index contributed by atoms with van der Waals surface area (Å²) in [6.07, 6.45) is 3.41. The molecule has 6 nitrogen and oxygen atoms in total. The van der Waals surface area contributed by atoms with Crippen molar-refractivity contribution in [1.82, 2.24) is 15.3 Å². The van der Waals surface area contributed by atoms with Crippen LogP contribution in [0.2, 0.25) is 0 Å². The van der Waals surface area contributed by atoms with Crippen molar-refractivity contribution in [3.05, 3.63) is 66.0 Å². The van der Waals surface area contributed by atoms with E-state index in [9.17, 15) is 4.79 Å². The zero-order chi connectivity index (χ0) is 17.2. The van der Waals surface area contributed by atoms with Crippen molar-refractivity contribution < 1.29 is 14.3 Å². The summed E-state index contributed by atoms with van der Waals surface area (Å²) in [5.74, 6) is 1.37. The zero-order valence-electron chi connectivity index (χ0n) is 13.5. The second-order valence-corrected chi connectivity index (χ2v) is 5.59. The molecule has 0 atom stereocenters. The number of benzene rings is 2. The number of carbonyl (C=O) groups excluding carboxylic acids is 1. The van der Waals surface area contributed by atoms with Gasteiger partial charge in [-0.25, -0.2) is 9.97 Å². The number of fused-ring (bicyclic) bond motifs is 1. The lowest BCUT2D eigenvalue weighted by molar-refractivity contribution is 0.0966. The predicted octanol–water partition coefficient (Wildman–Crippen LogP) is 3.19. The van der Waals surface area contributed by atoms with E-state index in [4.69, 9.17) is 9.47 Å². The first-order valence-corrected chi connectivity index (χ1v) is 7.78. The van der Waals surface area contributed by atoms with Gasteiger partial charge >= 0.3 is 6.01 Å². The number of nitrogens with one attached hydrogen (secondary N) is 1. The lowest BCUT2D eigenvalue weighted by atomic mass is 10.0. The van der Waals surface area contributed by atoms with Crippen LogP contribution in [0, 0.1) is 0 Å². The second kappa shape index (κ2) is 6.24. The van der Waals surface area contributed by atoms with E-state index in [-0.39, 0.29) is 11.9 Å². The van der Waals surface area contributed by atoms with Crippen molar-refractivity contribution in [3.63, 3.8) is 0 Å². The number of rotatable bonds is 4. The van der Waals surface area contributed by atoms with E-state index in [2.05, 4.69) is 15.3 Å². The Kier molecular flexibility index (Phi) is 3.78. The largest absolute Gasteiger partial charge is 0.497 e. The molecule has 2 aromatic carbocycles. The predicted molar refractivity (Wildman–Crippen MR) is 91.7 cm³/mol. The van der Waals surface area contributed by atoms with Gasteiger partial charge in [0.2, 0.25) is 0 Å². The Morgan fingerprint density at radius 1 is 0.960 bits per heavy atom. The number of hydrogen-bond acceptors (Lipinski definition) is 5. The molecular weight excluding hydrogens is 318 g/mol. The molecule has 4 rings (SSSR count). The minimum absolute atomic E-state index is 0.0268. The second-order valence-electron chi connectivity index (χ2n) is 5.59. The van der Waals surface area contributed by atoms with E-state index >= 15 is 0 Å². The topological polar surface area (TPSA) is 73.3 Å². The van der Waals surface area contributed by atoms with Gasteiger partial charge in [-0.05, 0) is 47.5 Å². The molecule has 0 spiro atoms. The highest BCUT2D eigenvalue weighted by molar-refractivity contribution is 5.98. The molecule has 0 saturated carbocycles. The van der Waals surface area contributed by atoms with Gasteiger partial charge in [0.1, 0.15) is 11.5 Å². The third kappa shape index (κ3) is 3.01. The van der Waals surface area contributed by atoms with Crippen molar-refractivity contribution in [1.29, 1.82) is 0 Å². The Bertz CT molecular complexity index is 922. The highest BCUT2D eigenvalue weighted by atomic mass is 16.5. The van der Waals surface area contributed by atoms with Gasteiger partial charge in [0.25, 0.3) is 5.91 Å². The fourth-order valence-corrected chi connectivity index (χ4v) is 2.68. The summed E-state index contributed by atoms with van der Waals surface area (Å²) in [4.78, 5) is 20.1. The van der Waals surface area contributed by atoms with Crippen LogP contribution in [0.25, 0.3) is 11.1 Å². The Labute approximate surface area is 144 Å². The van der Waals surface area contributed by atoms with Gasteiger partial charge in [-0.3, -0.25) is 4.79 Å². The Balaban J connectivity index is 1.52. The number of nitrogens with zero attached hydrogens (tertiary/aromatic N) is 2. The first-order chi connectivity index (χ1) is 12.2. The van der Waals surface area contributed by atoms with Crippen LogP contribution >= 0.6 is 0 Å². The van der Waals surface area contributed by atoms with Gasteiger partial charge in [-0.2, -0.15) is 0 Å². The fourth-order valence-electron chi connectivity index (χ4n) is 2.68. The van der Waals surface area contributed by atoms with Gasteiger partial charge < -0.3 is 14.8 Å². The monoisotopic (exact) mass is 333 g/mol. The van der Waals surface area contributed by atoms with Crippen molar-refractivity contribution in [2.24, 2.45) is 0 Å². The average molecular weight is 333 g/mol. The van der Waals surface area contributed by atoms with Crippen LogP contribution in [-0.4, -0.2) is 23.0 Å². The maximum absolute atomic E-state index is 11.6. The molecule has 0 bridgehead atoms. The maximum atomic E-state index is 11.6. The SMILES string of the molecule is COc1ccc(Oc2ncc(-c3ccc4c(c3)CNC4=O)cn2)cc1. The van der Waals surface area contributed by atoms with Crippen molar-refractivity contribution in [2.45, 2.75) is 6.54 Å². The molecule has 3 aromatic rings. The Morgan fingerprint density at radius 2 is 1.68 bits per heavy atom. The normalized spacial score (nSPS) is 12.4. The molecule has 1 aliphatic heterocycles. The van der Waals surface area contributed by atoms with Crippen LogP contribution < -0.4 is 14.8 Å². The minimum Gasteiger partial charge on any atom is -0.497 e. The molecule has 25 heavy (non-hydrogen) atoms. The van der Waals surface area contributed by atoms with Crippen molar-refractivity contribution in [3.8, 4) is 28.6 Å². The number of carbonyl (C=O) groups is 1. The van der Waals surface area contributed by atoms with E-state index < -0.39 is 0 Å². The van der Waals surface area contributed by atoms with Crippen LogP contribution in [0.5, 0.6) is 17.5 Å². The standard InChI is InChI=1S/C19H15N3O3/c1-24-15-3-5-16(6-4-15)25-19-21-10-14(11-22-19)12-2-7-17-13(8-12)9-20-18(17)23/h2-8,10-11H,9H2,1H3,(H,20,23). The summed E-state index contributed by atoms with van der Waals surface area (Å²) in [5.41, 5.74) is 3.54. The molecule has 0 unspecified atom stereocenters. The summed E-state index contributed by atoms with van der Waals surface area (Å²) in [6.45, 7) is 0.557. The van der Waals surface area contributed by atoms with Crippen molar-refractivity contribution >= 4 is 5.91 Å². The van der Waals surface area contributed by atoms with E-state index in [1.807, 2.05) is 30.3 Å². The quantitative estimate of drug-likeness (QED) is 0.794. The molecule has 1 amide bonds. The molecule has 2 heterocycles. The number of aromatic nitrogens is 2. The summed E-state index contributed by atoms with van der Waals surface area (Å²) >= 11 is 0. The van der Waals surface area contributed by atoms with Gasteiger partial charge in [0.15, 0.2) is 0 Å². The minimum atomic E-state index is -0.0268. The average Bonchev–Trinajstić information content (AvgIpc) is 3.03. The fraction of sp³-hybridized carbons (Fsp3) is 0.105. The number of methoxy groups -OCH3 is 1. The van der Waals surface area contributed by atoms with Gasteiger partial charge in [0.05, 0.1) is 7.11 Å². The molecular formula is C19H15N3O3. The number of hydrogen-bond donors (Lipinski definition) is 1. The molecule has 0 aliphatic carbocycles. The first kappa shape index (κ1) is 15.1. The van der Waals surface area contributed by atoms with Crippen LogP contribution in [0.15, 0.2) is 54.9 Å². The van der Waals surface area contributed by atoms with Crippen LogP contribution in [0.1, 0.15) is 15.9 Å². The Hall–Kier alpha value is -3.41. The maximum Gasteiger partial charge on any atom is 0.321 e. The molecule has 1 aromatic heterocycles. The number of amides is 1. The molecule has 0 saturated heterocycles. The third-order valence-electron chi connectivity index (χ3n) is 4.02. The highest BCUT2D eigenvalue weighted by Crippen LogP contribution is 2.26. The smallest absolute Gasteiger partial charge is 0.321 e. The van der Waals surface area contributed by atoms with Gasteiger partial charge in [0, 0.05) is 30.1 Å². The molecule has 124 valence electrons. The van der Waals surface area contributed by atoms with E-state index in [0.29, 0.717) is 12.3 Å². The number of ether oxygens (including phenoxy) is 2. The lowest BCUT2D eigenvalue weighted by Gasteiger charge is -2.06. The highest BCUT2D eigenvalue weighted by Gasteiger charge is 2.18. The van der Waals surface area contributed by atoms with Crippen LogP contribution in [0.4, 0.5) is 0 Å². The molecule has 0 fully saturated rings. The summed E-state index contributed by atoms with van der Waals surface area (Å²) in [7, 11) is 1.61. The van der Waals surface area contributed by atoms with Crippen molar-refractivity contribution in [2.75, 3.05) is 7.11 Å². The van der Waals surface area contributed by atoms with Gasteiger partial charge in [-0.15, -0.1) is 0 Å². The third-order valence-corrected chi connectivity index (χ3v) is 4.02. The molecule has 6 heteroatoms. The van der Waals surface area contributed by atoms with E-state index in [1.54, 1.807) is 31.6 Å². The molecule has 0 radical (unpaired) electrons. The van der Waals surface area contributed by atoms with E-state index in [1.165, 1.54) is 0 Å². The lowest BCUT2D eigenvalue weighted by Crippen LogP contribution is -2.12. The van der Waals surface area contributed by atoms with Gasteiger partial charge in [-0.1, -0.05) is 6.07 Å². The summed E-state index contributed by atoms with van der Waals surface area (Å²) in [5, 5.41) is 2.81. The zero-order valence-corrected chi connectivity index (χ0v) is 13.5. The summed E-state index contributed by atoms with van der Waals surface area (Å²) < 4.78 is 10.7. The molecule has 1 aliphatic rings. The Morgan fingerprint density at radius 3 is 2.40 bits per heavy atom.